The SMILES string of the molecule is CC(C)(CN)O[N]. The number of nitrogens with two attached hydrogens (primary N) is 1. The first-order chi connectivity index (χ1) is 3.12. The van der Waals surface area contributed by atoms with Crippen molar-refractivity contribution in [3.8, 4) is 0 Å². The normalized spacial score (nSPS) is 12.0. The lowest BCUT2D eigenvalue weighted by Crippen LogP contribution is -2.33. The van der Waals surface area contributed by atoms with E-state index in [1.165, 1.54) is 0 Å². The molecule has 3 nitrogen and oxygen atoms in total. The Morgan fingerprint density at radius 2 is 2.14 bits per heavy atom. The van der Waals surface area contributed by atoms with Crippen LogP contribution in [0.25, 0.3) is 0 Å². The summed E-state index contributed by atoms with van der Waals surface area (Å²) in [6.07, 6.45) is 0. The average molecular weight is 102 g/mol. The quantitative estimate of drug-likeness (QED) is 0.488. The molecule has 0 rings (SSSR count). The predicted octanol–water partition coefficient (Wildman–Crippen LogP) is -0.276. The standard InChI is InChI=1S/C4H10N2O/c1-4(2,3-5)7-6/h3,5H2,1-2H3. The van der Waals surface area contributed by atoms with Crippen molar-refractivity contribution in [2.24, 2.45) is 5.73 Å². The third-order valence-corrected chi connectivity index (χ3v) is 0.739. The van der Waals surface area contributed by atoms with E-state index in [1.807, 2.05) is 0 Å². The first-order valence-corrected chi connectivity index (χ1v) is 2.15. The highest BCUT2D eigenvalue weighted by Gasteiger charge is 2.14. The van der Waals surface area contributed by atoms with Crippen LogP contribution in [0.1, 0.15) is 13.8 Å². The van der Waals surface area contributed by atoms with Crippen LogP contribution in [0, 0.1) is 0 Å². The molecule has 0 aromatic rings. The van der Waals surface area contributed by atoms with Crippen molar-refractivity contribution in [3.05, 3.63) is 0 Å². The molecular formula is C4H10N2O. The molecule has 7 heavy (non-hydrogen) atoms. The highest BCUT2D eigenvalue weighted by molar-refractivity contribution is 4.65. The Morgan fingerprint density at radius 3 is 2.14 bits per heavy atom. The van der Waals surface area contributed by atoms with Gasteiger partial charge in [-0.15, -0.1) is 0 Å². The molecule has 0 aliphatic carbocycles. The summed E-state index contributed by atoms with van der Waals surface area (Å²) in [7, 11) is 0. The van der Waals surface area contributed by atoms with Crippen molar-refractivity contribution in [2.45, 2.75) is 19.4 Å². The highest BCUT2D eigenvalue weighted by Crippen LogP contribution is 2.01. The van der Waals surface area contributed by atoms with Gasteiger partial charge >= 0.3 is 0 Å². The Balaban J connectivity index is 3.36. The Bertz CT molecular complexity index is 47.7. The maximum absolute atomic E-state index is 8.01. The molecule has 0 aromatic heterocycles. The van der Waals surface area contributed by atoms with Crippen LogP contribution in [0.2, 0.25) is 0 Å². The molecule has 2 radical (unpaired) electrons. The van der Waals surface area contributed by atoms with Gasteiger partial charge in [-0.3, -0.25) is 4.84 Å². The second-order valence-electron chi connectivity index (χ2n) is 2.06. The second kappa shape index (κ2) is 2.26. The fourth-order valence-corrected chi connectivity index (χ4v) is 0.0373. The Labute approximate surface area is 43.6 Å². The van der Waals surface area contributed by atoms with E-state index >= 15 is 0 Å². The van der Waals surface area contributed by atoms with Gasteiger partial charge in [0, 0.05) is 12.4 Å². The molecule has 0 aliphatic heterocycles. The highest BCUT2D eigenvalue weighted by atomic mass is 16.6. The molecule has 2 N–H and O–H groups in total. The first kappa shape index (κ1) is 6.88. The molecule has 42 valence electrons. The molecule has 0 heterocycles. The Morgan fingerprint density at radius 1 is 1.71 bits per heavy atom. The summed E-state index contributed by atoms with van der Waals surface area (Å²) in [5.41, 5.74) is 4.55. The third kappa shape index (κ3) is 2.56. The smallest absolute Gasteiger partial charge is 0.0999 e. The molecule has 0 spiro atoms. The van der Waals surface area contributed by atoms with Gasteiger partial charge in [0.25, 0.3) is 0 Å². The van der Waals surface area contributed by atoms with E-state index in [-0.39, 0.29) is 0 Å². The summed E-state index contributed by atoms with van der Waals surface area (Å²) in [6, 6.07) is 0. The summed E-state index contributed by atoms with van der Waals surface area (Å²) >= 11 is 0. The zero-order chi connectivity index (χ0) is 5.91. The van der Waals surface area contributed by atoms with Crippen LogP contribution in [-0.4, -0.2) is 12.1 Å². The van der Waals surface area contributed by atoms with Gasteiger partial charge in [0.15, 0.2) is 0 Å². The topological polar surface area (TPSA) is 57.5 Å². The van der Waals surface area contributed by atoms with E-state index in [0.717, 1.165) is 0 Å². The molecule has 0 fully saturated rings. The zero-order valence-corrected chi connectivity index (χ0v) is 4.64. The minimum Gasteiger partial charge on any atom is -0.328 e. The first-order valence-electron chi connectivity index (χ1n) is 2.15. The molecule has 0 aromatic carbocycles. The van der Waals surface area contributed by atoms with Gasteiger partial charge in [0.1, 0.15) is 0 Å². The minimum absolute atomic E-state index is 0.323. The van der Waals surface area contributed by atoms with Gasteiger partial charge in [0.2, 0.25) is 0 Å². The van der Waals surface area contributed by atoms with Crippen LogP contribution in [-0.2, 0) is 4.84 Å². The van der Waals surface area contributed by atoms with Gasteiger partial charge in [-0.05, 0) is 13.8 Å². The average Bonchev–Trinajstić information content (AvgIpc) is 1.68. The van der Waals surface area contributed by atoms with Crippen LogP contribution in [0.5, 0.6) is 0 Å². The molecule has 0 saturated heterocycles. The van der Waals surface area contributed by atoms with E-state index in [1.54, 1.807) is 13.8 Å². The van der Waals surface area contributed by atoms with Crippen molar-refractivity contribution in [2.75, 3.05) is 6.54 Å². The van der Waals surface area contributed by atoms with Crippen molar-refractivity contribution in [1.82, 2.24) is 5.90 Å². The lowest BCUT2D eigenvalue weighted by atomic mass is 10.1. The van der Waals surface area contributed by atoms with Crippen LogP contribution in [0.15, 0.2) is 0 Å². The summed E-state index contributed by atoms with van der Waals surface area (Å²) in [4.78, 5) is 3.96. The van der Waals surface area contributed by atoms with Crippen molar-refractivity contribution < 1.29 is 4.84 Å². The van der Waals surface area contributed by atoms with E-state index in [0.29, 0.717) is 6.54 Å². The van der Waals surface area contributed by atoms with Gasteiger partial charge in [-0.1, -0.05) is 0 Å². The second-order valence-corrected chi connectivity index (χ2v) is 2.06. The molecule has 0 unspecified atom stereocenters. The predicted molar refractivity (Wildman–Crippen MR) is 26.4 cm³/mol. The van der Waals surface area contributed by atoms with Crippen LogP contribution < -0.4 is 11.6 Å². The Kier molecular flexibility index (Phi) is 2.22. The Hall–Kier alpha value is -0.120. The minimum atomic E-state index is -0.583. The molecule has 0 amide bonds. The third-order valence-electron chi connectivity index (χ3n) is 0.739. The van der Waals surface area contributed by atoms with Crippen LogP contribution >= 0.6 is 0 Å². The largest absolute Gasteiger partial charge is 0.328 e. The molecule has 0 aliphatic rings. The van der Waals surface area contributed by atoms with Crippen molar-refractivity contribution in [3.63, 3.8) is 0 Å². The lowest BCUT2D eigenvalue weighted by Gasteiger charge is -2.15. The maximum atomic E-state index is 8.01. The molecule has 0 bridgehead atoms. The summed E-state index contributed by atoms with van der Waals surface area (Å²) in [5.74, 6) is 8.01. The summed E-state index contributed by atoms with van der Waals surface area (Å²) in [5, 5.41) is 0. The van der Waals surface area contributed by atoms with Gasteiger partial charge in [-0.2, -0.15) is 0 Å². The van der Waals surface area contributed by atoms with Crippen molar-refractivity contribution in [1.29, 1.82) is 0 Å². The van der Waals surface area contributed by atoms with E-state index < -0.39 is 5.60 Å². The summed E-state index contributed by atoms with van der Waals surface area (Å²) in [6.45, 7) is 3.73. The van der Waals surface area contributed by atoms with Crippen molar-refractivity contribution >= 4 is 0 Å². The number of rotatable bonds is 2. The summed E-state index contributed by atoms with van der Waals surface area (Å²) < 4.78 is 0. The molecule has 0 saturated carbocycles. The number of nitrogens with zero attached hydrogens (tertiary/aromatic N) is 1. The van der Waals surface area contributed by atoms with E-state index in [9.17, 15) is 0 Å². The fraction of sp³-hybridized carbons (Fsp3) is 1.00. The van der Waals surface area contributed by atoms with Crippen LogP contribution in [0.3, 0.4) is 0 Å². The molecule has 0 atom stereocenters. The van der Waals surface area contributed by atoms with Crippen LogP contribution in [0.4, 0.5) is 0 Å². The maximum Gasteiger partial charge on any atom is 0.0999 e. The zero-order valence-electron chi connectivity index (χ0n) is 4.64. The van der Waals surface area contributed by atoms with Gasteiger partial charge in [0.05, 0.1) is 5.60 Å². The van der Waals surface area contributed by atoms with Gasteiger partial charge < -0.3 is 5.73 Å². The lowest BCUT2D eigenvalue weighted by molar-refractivity contribution is -0.0259. The molecular weight excluding hydrogens is 92.1 g/mol. The van der Waals surface area contributed by atoms with Gasteiger partial charge in [-0.25, -0.2) is 0 Å². The van der Waals surface area contributed by atoms with E-state index in [4.69, 9.17) is 11.6 Å². The molecule has 3 heteroatoms. The van der Waals surface area contributed by atoms with E-state index in [2.05, 4.69) is 4.84 Å². The fourth-order valence-electron chi connectivity index (χ4n) is 0.0373. The monoisotopic (exact) mass is 102 g/mol. The number of hydrogen-bond donors (Lipinski definition) is 1. The number of hydrogen-bond acceptors (Lipinski definition) is 2.